The first kappa shape index (κ1) is 19.8. The lowest BCUT2D eigenvalue weighted by Gasteiger charge is -2.28. The number of carboxylic acid groups (broad SMARTS) is 1. The van der Waals surface area contributed by atoms with E-state index >= 15 is 0 Å². The fraction of sp³-hybridized carbons (Fsp3) is 0.263. The summed E-state index contributed by atoms with van der Waals surface area (Å²) < 4.78 is 18.7. The van der Waals surface area contributed by atoms with Gasteiger partial charge in [-0.3, -0.25) is 4.79 Å². The van der Waals surface area contributed by atoms with Crippen LogP contribution in [0.3, 0.4) is 0 Å². The van der Waals surface area contributed by atoms with E-state index in [1.165, 1.54) is 26.0 Å². The number of amides is 1. The minimum atomic E-state index is -1.70. The average Bonchev–Trinajstić information content (AvgIpc) is 2.62. The van der Waals surface area contributed by atoms with Crippen LogP contribution >= 0.6 is 11.8 Å². The number of halogens is 1. The van der Waals surface area contributed by atoms with Crippen LogP contribution in [0.2, 0.25) is 0 Å². The van der Waals surface area contributed by atoms with Crippen LogP contribution in [0.5, 0.6) is 5.75 Å². The molecule has 5 nitrogen and oxygen atoms in total. The zero-order valence-corrected chi connectivity index (χ0v) is 15.5. The van der Waals surface area contributed by atoms with Crippen LogP contribution in [-0.2, 0) is 15.1 Å². The molecular weight excluding hydrogens is 357 g/mol. The number of thioether (sulfide) groups is 1. The summed E-state index contributed by atoms with van der Waals surface area (Å²) in [5.74, 6) is -1.83. The van der Waals surface area contributed by atoms with Gasteiger partial charge < -0.3 is 15.2 Å². The molecule has 138 valence electrons. The third-order valence-electron chi connectivity index (χ3n) is 3.96. The highest BCUT2D eigenvalue weighted by Gasteiger charge is 2.38. The number of benzene rings is 2. The third-order valence-corrected chi connectivity index (χ3v) is 4.71. The Kier molecular flexibility index (Phi) is 6.26. The number of aliphatic carboxylic acids is 1. The number of hydrogen-bond acceptors (Lipinski definition) is 4. The van der Waals surface area contributed by atoms with Gasteiger partial charge in [-0.05, 0) is 62.1 Å². The molecule has 0 saturated carbocycles. The van der Waals surface area contributed by atoms with Gasteiger partial charge in [0.25, 0.3) is 5.91 Å². The van der Waals surface area contributed by atoms with Gasteiger partial charge in [0.15, 0.2) is 11.6 Å². The lowest BCUT2D eigenvalue weighted by molar-refractivity contribution is -0.148. The minimum Gasteiger partial charge on any atom is -0.481 e. The smallest absolute Gasteiger partial charge is 0.333 e. The Morgan fingerprint density at radius 2 is 1.73 bits per heavy atom. The Hall–Kier alpha value is -2.54. The number of carbonyl (C=O) groups is 2. The molecular formula is C19H20FNO4S. The van der Waals surface area contributed by atoms with Crippen molar-refractivity contribution in [2.45, 2.75) is 30.4 Å². The van der Waals surface area contributed by atoms with E-state index in [1.54, 1.807) is 23.9 Å². The van der Waals surface area contributed by atoms with Crippen molar-refractivity contribution in [3.63, 3.8) is 0 Å². The van der Waals surface area contributed by atoms with Crippen LogP contribution in [0, 0.1) is 5.82 Å². The molecule has 2 atom stereocenters. The zero-order chi connectivity index (χ0) is 19.3. The minimum absolute atomic E-state index is 0.260. The second kappa shape index (κ2) is 8.23. The number of nitrogens with one attached hydrogen (secondary N) is 1. The van der Waals surface area contributed by atoms with Gasteiger partial charge in [0.2, 0.25) is 0 Å². The van der Waals surface area contributed by atoms with Crippen molar-refractivity contribution < 1.29 is 23.8 Å². The van der Waals surface area contributed by atoms with Crippen molar-refractivity contribution in [2.24, 2.45) is 0 Å². The van der Waals surface area contributed by atoms with E-state index in [-0.39, 0.29) is 5.56 Å². The van der Waals surface area contributed by atoms with Gasteiger partial charge in [0.1, 0.15) is 11.6 Å². The van der Waals surface area contributed by atoms with Crippen LogP contribution in [-0.4, -0.2) is 29.3 Å². The first-order chi connectivity index (χ1) is 12.3. The number of ether oxygens (including phenoxy) is 1. The molecule has 0 aromatic heterocycles. The summed E-state index contributed by atoms with van der Waals surface area (Å²) in [5.41, 5.74) is -1.44. The van der Waals surface area contributed by atoms with Crippen LogP contribution < -0.4 is 10.1 Å². The van der Waals surface area contributed by atoms with Gasteiger partial charge >= 0.3 is 5.97 Å². The highest BCUT2D eigenvalue weighted by atomic mass is 32.2. The summed E-state index contributed by atoms with van der Waals surface area (Å²) in [5, 5.41) is 12.1. The molecule has 7 heteroatoms. The summed E-state index contributed by atoms with van der Waals surface area (Å²) >= 11 is 1.59. The van der Waals surface area contributed by atoms with Crippen molar-refractivity contribution in [3.8, 4) is 5.75 Å². The molecule has 1 amide bonds. The first-order valence-electron chi connectivity index (χ1n) is 7.88. The van der Waals surface area contributed by atoms with Crippen LogP contribution in [0.4, 0.5) is 4.39 Å². The maximum absolute atomic E-state index is 13.1. The second-order valence-corrected chi connectivity index (χ2v) is 6.74. The Bertz CT molecular complexity index is 779. The molecule has 0 saturated heterocycles. The quantitative estimate of drug-likeness (QED) is 0.723. The van der Waals surface area contributed by atoms with Crippen molar-refractivity contribution in [2.75, 3.05) is 6.26 Å². The molecule has 0 fully saturated rings. The van der Waals surface area contributed by atoms with Crippen molar-refractivity contribution in [1.29, 1.82) is 0 Å². The van der Waals surface area contributed by atoms with E-state index in [1.807, 2.05) is 18.4 Å². The molecule has 0 spiro atoms. The summed E-state index contributed by atoms with van der Waals surface area (Å²) in [7, 11) is 0. The van der Waals surface area contributed by atoms with Crippen LogP contribution in [0.15, 0.2) is 53.4 Å². The number of carbonyl (C=O) groups excluding carboxylic acids is 1. The molecule has 2 aromatic rings. The molecule has 0 aliphatic heterocycles. The Morgan fingerprint density at radius 1 is 1.15 bits per heavy atom. The van der Waals surface area contributed by atoms with E-state index in [9.17, 15) is 19.1 Å². The highest BCUT2D eigenvalue weighted by molar-refractivity contribution is 7.98. The molecule has 2 unspecified atom stereocenters. The van der Waals surface area contributed by atoms with Gasteiger partial charge in [0.05, 0.1) is 0 Å². The number of rotatable bonds is 7. The Labute approximate surface area is 155 Å². The van der Waals surface area contributed by atoms with E-state index in [0.29, 0.717) is 5.75 Å². The van der Waals surface area contributed by atoms with E-state index in [0.717, 1.165) is 17.0 Å². The highest BCUT2D eigenvalue weighted by Crippen LogP contribution is 2.23. The summed E-state index contributed by atoms with van der Waals surface area (Å²) in [6, 6.07) is 12.2. The van der Waals surface area contributed by atoms with Crippen molar-refractivity contribution in [3.05, 3.63) is 59.9 Å². The van der Waals surface area contributed by atoms with Gasteiger partial charge in [0, 0.05) is 4.90 Å². The summed E-state index contributed by atoms with van der Waals surface area (Å²) in [6.07, 6.45) is 1.04. The van der Waals surface area contributed by atoms with Crippen molar-refractivity contribution >= 4 is 23.6 Å². The number of carboxylic acids is 1. The predicted octanol–water partition coefficient (Wildman–Crippen LogP) is 3.43. The standard InChI is InChI=1S/C19H20FNO4S/c1-12(25-15-8-10-16(26-3)11-9-15)17(22)21-19(2,18(23)24)13-4-6-14(20)7-5-13/h4-12H,1-3H3,(H,21,22)(H,23,24). The number of hydrogen-bond donors (Lipinski definition) is 2. The molecule has 0 aliphatic carbocycles. The maximum Gasteiger partial charge on any atom is 0.333 e. The van der Waals surface area contributed by atoms with Crippen LogP contribution in [0.1, 0.15) is 19.4 Å². The van der Waals surface area contributed by atoms with Gasteiger partial charge in [-0.2, -0.15) is 0 Å². The molecule has 2 N–H and O–H groups in total. The largest absolute Gasteiger partial charge is 0.481 e. The summed E-state index contributed by atoms with van der Waals surface area (Å²) in [4.78, 5) is 25.3. The van der Waals surface area contributed by atoms with Gasteiger partial charge in [-0.15, -0.1) is 11.8 Å². The molecule has 0 radical (unpaired) electrons. The fourth-order valence-electron chi connectivity index (χ4n) is 2.29. The van der Waals surface area contributed by atoms with E-state index in [4.69, 9.17) is 4.74 Å². The van der Waals surface area contributed by atoms with Crippen LogP contribution in [0.25, 0.3) is 0 Å². The maximum atomic E-state index is 13.1. The fourth-order valence-corrected chi connectivity index (χ4v) is 2.70. The lowest BCUT2D eigenvalue weighted by atomic mass is 9.91. The molecule has 0 aliphatic rings. The van der Waals surface area contributed by atoms with E-state index in [2.05, 4.69) is 5.32 Å². The lowest BCUT2D eigenvalue weighted by Crippen LogP contribution is -2.53. The third kappa shape index (κ3) is 4.54. The molecule has 0 heterocycles. The topological polar surface area (TPSA) is 75.6 Å². The second-order valence-electron chi connectivity index (χ2n) is 5.86. The van der Waals surface area contributed by atoms with Gasteiger partial charge in [-0.25, -0.2) is 9.18 Å². The Balaban J connectivity index is 2.13. The predicted molar refractivity (Wildman–Crippen MR) is 97.8 cm³/mol. The normalized spacial score (nSPS) is 14.2. The van der Waals surface area contributed by atoms with E-state index < -0.39 is 29.3 Å². The monoisotopic (exact) mass is 377 g/mol. The molecule has 26 heavy (non-hydrogen) atoms. The molecule has 0 bridgehead atoms. The molecule has 2 rings (SSSR count). The SMILES string of the molecule is CSc1ccc(OC(C)C(=O)NC(C)(C(=O)O)c2ccc(F)cc2)cc1. The molecule has 2 aromatic carbocycles. The summed E-state index contributed by atoms with van der Waals surface area (Å²) in [6.45, 7) is 2.88. The Morgan fingerprint density at radius 3 is 2.23 bits per heavy atom. The first-order valence-corrected chi connectivity index (χ1v) is 9.11. The average molecular weight is 377 g/mol. The van der Waals surface area contributed by atoms with Crippen molar-refractivity contribution in [1.82, 2.24) is 5.32 Å². The van der Waals surface area contributed by atoms with Gasteiger partial charge in [-0.1, -0.05) is 12.1 Å². The zero-order valence-electron chi connectivity index (χ0n) is 14.7.